The van der Waals surface area contributed by atoms with E-state index < -0.39 is 0 Å². The van der Waals surface area contributed by atoms with Crippen molar-refractivity contribution < 1.29 is 14.6 Å². The molecule has 1 atom stereocenters. The quantitative estimate of drug-likeness (QED) is 0.892. The molecule has 2 rings (SSSR count). The van der Waals surface area contributed by atoms with E-state index in [2.05, 4.69) is 11.8 Å². The molecule has 4 heteroatoms. The summed E-state index contributed by atoms with van der Waals surface area (Å²) in [6.07, 6.45) is 1.34. The Morgan fingerprint density at radius 1 is 1.50 bits per heavy atom. The van der Waals surface area contributed by atoms with Crippen LogP contribution in [-0.4, -0.2) is 42.9 Å². The number of methoxy groups -OCH3 is 1. The Kier molecular flexibility index (Phi) is 4.44. The maximum Gasteiger partial charge on any atom is 0.160 e. The summed E-state index contributed by atoms with van der Waals surface area (Å²) in [6, 6.07) is 5.58. The van der Waals surface area contributed by atoms with Crippen molar-refractivity contribution in [2.24, 2.45) is 0 Å². The fourth-order valence-electron chi connectivity index (χ4n) is 2.32. The van der Waals surface area contributed by atoms with Crippen molar-refractivity contribution in [1.82, 2.24) is 4.90 Å². The van der Waals surface area contributed by atoms with Crippen LogP contribution in [0.5, 0.6) is 11.5 Å². The van der Waals surface area contributed by atoms with Crippen molar-refractivity contribution in [3.63, 3.8) is 0 Å². The number of nitrogens with zero attached hydrogens (tertiary/aromatic N) is 1. The minimum absolute atomic E-state index is 0.203. The number of phenols is 1. The molecule has 18 heavy (non-hydrogen) atoms. The zero-order valence-corrected chi connectivity index (χ0v) is 11.1. The maximum absolute atomic E-state index is 9.76. The normalized spacial score (nSPS) is 21.6. The molecule has 0 saturated carbocycles. The number of aromatic hydroxyl groups is 1. The van der Waals surface area contributed by atoms with Gasteiger partial charge < -0.3 is 14.6 Å². The Morgan fingerprint density at radius 2 is 2.33 bits per heavy atom. The van der Waals surface area contributed by atoms with Gasteiger partial charge in [-0.25, -0.2) is 0 Å². The number of benzene rings is 1. The molecule has 1 aromatic carbocycles. The fraction of sp³-hybridized carbons (Fsp3) is 0.571. The van der Waals surface area contributed by atoms with Crippen molar-refractivity contribution in [2.75, 3.05) is 26.8 Å². The third kappa shape index (κ3) is 3.37. The standard InChI is InChI=1S/C14H21NO3/c1-11-9-15(6-3-7-18-11)10-12-4-5-14(17-2)13(16)8-12/h4-5,8,11,16H,3,6-7,9-10H2,1-2H3. The topological polar surface area (TPSA) is 41.9 Å². The molecule has 0 aromatic heterocycles. The first-order valence-electron chi connectivity index (χ1n) is 6.39. The van der Waals surface area contributed by atoms with Crippen LogP contribution in [0.2, 0.25) is 0 Å². The molecule has 100 valence electrons. The lowest BCUT2D eigenvalue weighted by Crippen LogP contribution is -2.29. The molecule has 4 nitrogen and oxygen atoms in total. The van der Waals surface area contributed by atoms with Crippen LogP contribution in [0.1, 0.15) is 18.9 Å². The van der Waals surface area contributed by atoms with Gasteiger partial charge in [-0.15, -0.1) is 0 Å². The first-order chi connectivity index (χ1) is 8.69. The summed E-state index contributed by atoms with van der Waals surface area (Å²) >= 11 is 0. The second kappa shape index (κ2) is 6.07. The monoisotopic (exact) mass is 251 g/mol. The van der Waals surface area contributed by atoms with Crippen LogP contribution >= 0.6 is 0 Å². The SMILES string of the molecule is COc1ccc(CN2CCCOC(C)C2)cc1O. The number of ether oxygens (including phenoxy) is 2. The second-order valence-corrected chi connectivity index (χ2v) is 4.78. The number of hydrogen-bond donors (Lipinski definition) is 1. The van der Waals surface area contributed by atoms with Crippen molar-refractivity contribution in [3.8, 4) is 11.5 Å². The number of rotatable bonds is 3. The fourth-order valence-corrected chi connectivity index (χ4v) is 2.32. The summed E-state index contributed by atoms with van der Waals surface area (Å²) in [7, 11) is 1.56. The summed E-state index contributed by atoms with van der Waals surface area (Å²) in [5.41, 5.74) is 1.10. The summed E-state index contributed by atoms with van der Waals surface area (Å²) in [4.78, 5) is 2.36. The van der Waals surface area contributed by atoms with E-state index in [0.717, 1.165) is 38.2 Å². The van der Waals surface area contributed by atoms with Crippen molar-refractivity contribution >= 4 is 0 Å². The third-order valence-corrected chi connectivity index (χ3v) is 3.19. The highest BCUT2D eigenvalue weighted by molar-refractivity contribution is 5.41. The lowest BCUT2D eigenvalue weighted by atomic mass is 10.2. The Balaban J connectivity index is 2.01. The molecule has 1 aromatic rings. The van der Waals surface area contributed by atoms with E-state index >= 15 is 0 Å². The molecule has 0 bridgehead atoms. The van der Waals surface area contributed by atoms with Crippen LogP contribution in [0, 0.1) is 0 Å². The smallest absolute Gasteiger partial charge is 0.160 e. The average molecular weight is 251 g/mol. The zero-order chi connectivity index (χ0) is 13.0. The van der Waals surface area contributed by atoms with Gasteiger partial charge in [-0.2, -0.15) is 0 Å². The van der Waals surface area contributed by atoms with Crippen molar-refractivity contribution in [3.05, 3.63) is 23.8 Å². The molecule has 1 fully saturated rings. The molecule has 0 radical (unpaired) electrons. The predicted octanol–water partition coefficient (Wildman–Crippen LogP) is 2.01. The summed E-state index contributed by atoms with van der Waals surface area (Å²) < 4.78 is 10.7. The minimum Gasteiger partial charge on any atom is -0.504 e. The van der Waals surface area contributed by atoms with Crippen molar-refractivity contribution in [1.29, 1.82) is 0 Å². The molecular weight excluding hydrogens is 230 g/mol. The Morgan fingerprint density at radius 3 is 3.06 bits per heavy atom. The third-order valence-electron chi connectivity index (χ3n) is 3.19. The molecule has 1 aliphatic rings. The van der Waals surface area contributed by atoms with Gasteiger partial charge in [-0.3, -0.25) is 4.90 Å². The molecule has 0 spiro atoms. The van der Waals surface area contributed by atoms with E-state index in [1.54, 1.807) is 13.2 Å². The van der Waals surface area contributed by atoms with Gasteiger partial charge >= 0.3 is 0 Å². The van der Waals surface area contributed by atoms with E-state index in [0.29, 0.717) is 5.75 Å². The van der Waals surface area contributed by atoms with Crippen LogP contribution in [0.25, 0.3) is 0 Å². The van der Waals surface area contributed by atoms with Crippen molar-refractivity contribution in [2.45, 2.75) is 26.0 Å². The average Bonchev–Trinajstić information content (AvgIpc) is 2.54. The van der Waals surface area contributed by atoms with Crippen LogP contribution in [0.15, 0.2) is 18.2 Å². The molecule has 1 heterocycles. The second-order valence-electron chi connectivity index (χ2n) is 4.78. The van der Waals surface area contributed by atoms with E-state index in [1.807, 2.05) is 12.1 Å². The molecule has 1 aliphatic heterocycles. The van der Waals surface area contributed by atoms with Gasteiger partial charge in [0.1, 0.15) is 0 Å². The largest absolute Gasteiger partial charge is 0.504 e. The molecule has 1 N–H and O–H groups in total. The number of phenolic OH excluding ortho intramolecular Hbond substituents is 1. The lowest BCUT2D eigenvalue weighted by Gasteiger charge is -2.22. The van der Waals surface area contributed by atoms with Gasteiger partial charge in [0.25, 0.3) is 0 Å². The van der Waals surface area contributed by atoms with Crippen LogP contribution in [-0.2, 0) is 11.3 Å². The van der Waals surface area contributed by atoms with Gasteiger partial charge in [0.2, 0.25) is 0 Å². The Labute approximate surface area is 108 Å². The van der Waals surface area contributed by atoms with E-state index in [4.69, 9.17) is 9.47 Å². The van der Waals surface area contributed by atoms with Crippen LogP contribution in [0.3, 0.4) is 0 Å². The Hall–Kier alpha value is -1.26. The van der Waals surface area contributed by atoms with Gasteiger partial charge in [0, 0.05) is 26.2 Å². The molecule has 0 aliphatic carbocycles. The highest BCUT2D eigenvalue weighted by Crippen LogP contribution is 2.26. The van der Waals surface area contributed by atoms with E-state index in [-0.39, 0.29) is 11.9 Å². The molecule has 1 unspecified atom stereocenters. The zero-order valence-electron chi connectivity index (χ0n) is 11.1. The predicted molar refractivity (Wildman–Crippen MR) is 70.0 cm³/mol. The van der Waals surface area contributed by atoms with E-state index in [9.17, 15) is 5.11 Å². The summed E-state index contributed by atoms with van der Waals surface area (Å²) in [6.45, 7) is 5.75. The summed E-state index contributed by atoms with van der Waals surface area (Å²) in [5, 5.41) is 9.76. The van der Waals surface area contributed by atoms with Gasteiger partial charge in [-0.05, 0) is 31.0 Å². The van der Waals surface area contributed by atoms with Crippen LogP contribution < -0.4 is 4.74 Å². The first-order valence-corrected chi connectivity index (χ1v) is 6.39. The lowest BCUT2D eigenvalue weighted by molar-refractivity contribution is 0.0668. The van der Waals surface area contributed by atoms with Gasteiger partial charge in [0.15, 0.2) is 11.5 Å². The first kappa shape index (κ1) is 13.2. The maximum atomic E-state index is 9.76. The Bertz CT molecular complexity index is 395. The van der Waals surface area contributed by atoms with Gasteiger partial charge in [0.05, 0.1) is 13.2 Å². The molecular formula is C14H21NO3. The number of hydrogen-bond acceptors (Lipinski definition) is 4. The van der Waals surface area contributed by atoms with E-state index in [1.165, 1.54) is 0 Å². The van der Waals surface area contributed by atoms with Crippen LogP contribution in [0.4, 0.5) is 0 Å². The highest BCUT2D eigenvalue weighted by Gasteiger charge is 2.15. The highest BCUT2D eigenvalue weighted by atomic mass is 16.5. The molecule has 1 saturated heterocycles. The summed E-state index contributed by atoms with van der Waals surface area (Å²) in [5.74, 6) is 0.723. The minimum atomic E-state index is 0.203. The van der Waals surface area contributed by atoms with Gasteiger partial charge in [-0.1, -0.05) is 6.07 Å². The molecule has 0 amide bonds.